The van der Waals surface area contributed by atoms with Crippen LogP contribution in [-0.4, -0.2) is 28.0 Å². The van der Waals surface area contributed by atoms with Crippen molar-refractivity contribution in [1.82, 2.24) is 14.9 Å². The second-order valence-corrected chi connectivity index (χ2v) is 4.93. The number of fused-ring (bicyclic) bond motifs is 1. The van der Waals surface area contributed by atoms with Crippen LogP contribution in [0.4, 0.5) is 0 Å². The quantitative estimate of drug-likeness (QED) is 0.816. The molecule has 0 aromatic carbocycles. The fourth-order valence-electron chi connectivity index (χ4n) is 2.65. The van der Waals surface area contributed by atoms with E-state index in [1.165, 1.54) is 10.9 Å². The zero-order valence-electron chi connectivity index (χ0n) is 10.4. The molecule has 1 aliphatic rings. The number of aromatic amines is 1. The first kappa shape index (κ1) is 11.3. The molecule has 3 nitrogen and oxygen atoms in total. The average Bonchev–Trinajstić information content (AvgIpc) is 2.89. The zero-order valence-corrected chi connectivity index (χ0v) is 10.4. The van der Waals surface area contributed by atoms with Gasteiger partial charge in [-0.2, -0.15) is 0 Å². The van der Waals surface area contributed by atoms with Crippen molar-refractivity contribution in [2.24, 2.45) is 5.92 Å². The molecule has 1 aliphatic heterocycles. The monoisotopic (exact) mass is 239 g/mol. The molecule has 0 atom stereocenters. The topological polar surface area (TPSA) is 31.9 Å². The lowest BCUT2D eigenvalue weighted by atomic mass is 9.97. The van der Waals surface area contributed by atoms with E-state index in [0.29, 0.717) is 5.92 Å². The molecule has 2 aromatic heterocycles. The van der Waals surface area contributed by atoms with Crippen LogP contribution in [0.25, 0.3) is 11.0 Å². The highest BCUT2D eigenvalue weighted by molar-refractivity contribution is 5.79. The van der Waals surface area contributed by atoms with E-state index in [1.54, 1.807) is 0 Å². The number of pyridine rings is 1. The lowest BCUT2D eigenvalue weighted by Gasteiger charge is -2.29. The standard InChI is InChI=1S/C15H17N3/c1-2-12-5-9-18(10-6-12)11-13-3-7-16-15-14(13)4-8-17-15/h1,3-4,7-8,12H,5-6,9-11H2,(H,16,17). The van der Waals surface area contributed by atoms with Crippen LogP contribution in [0.3, 0.4) is 0 Å². The van der Waals surface area contributed by atoms with Crippen LogP contribution in [0, 0.1) is 18.3 Å². The number of hydrogen-bond acceptors (Lipinski definition) is 2. The van der Waals surface area contributed by atoms with Crippen molar-refractivity contribution in [3.05, 3.63) is 30.1 Å². The SMILES string of the molecule is C#CC1CCN(Cc2ccnc3[nH]ccc23)CC1. The summed E-state index contributed by atoms with van der Waals surface area (Å²) in [6.45, 7) is 3.19. The van der Waals surface area contributed by atoms with Crippen molar-refractivity contribution in [3.8, 4) is 12.3 Å². The number of piperidine rings is 1. The van der Waals surface area contributed by atoms with E-state index < -0.39 is 0 Å². The molecule has 1 fully saturated rings. The molecule has 2 aromatic rings. The van der Waals surface area contributed by atoms with Gasteiger partial charge in [-0.25, -0.2) is 4.98 Å². The molecule has 1 saturated heterocycles. The molecule has 0 bridgehead atoms. The van der Waals surface area contributed by atoms with Crippen molar-refractivity contribution in [2.75, 3.05) is 13.1 Å². The second-order valence-electron chi connectivity index (χ2n) is 4.93. The predicted octanol–water partition coefficient (Wildman–Crippen LogP) is 2.41. The van der Waals surface area contributed by atoms with E-state index in [1.807, 2.05) is 12.4 Å². The summed E-state index contributed by atoms with van der Waals surface area (Å²) in [7, 11) is 0. The van der Waals surface area contributed by atoms with Crippen LogP contribution in [-0.2, 0) is 6.54 Å². The number of likely N-dealkylation sites (tertiary alicyclic amines) is 1. The molecule has 3 rings (SSSR count). The zero-order chi connectivity index (χ0) is 12.4. The largest absolute Gasteiger partial charge is 0.346 e. The Morgan fingerprint density at radius 2 is 2.22 bits per heavy atom. The fourth-order valence-corrected chi connectivity index (χ4v) is 2.65. The van der Waals surface area contributed by atoms with E-state index in [9.17, 15) is 0 Å². The minimum atomic E-state index is 0.478. The average molecular weight is 239 g/mol. The Morgan fingerprint density at radius 1 is 1.39 bits per heavy atom. The molecule has 0 amide bonds. The third-order valence-corrected chi connectivity index (χ3v) is 3.77. The lowest BCUT2D eigenvalue weighted by Crippen LogP contribution is -2.32. The number of nitrogens with zero attached hydrogens (tertiary/aromatic N) is 2. The Bertz CT molecular complexity index is 571. The highest BCUT2D eigenvalue weighted by atomic mass is 15.1. The lowest BCUT2D eigenvalue weighted by molar-refractivity contribution is 0.199. The summed E-state index contributed by atoms with van der Waals surface area (Å²) < 4.78 is 0. The van der Waals surface area contributed by atoms with E-state index in [-0.39, 0.29) is 0 Å². The highest BCUT2D eigenvalue weighted by Crippen LogP contribution is 2.21. The highest BCUT2D eigenvalue weighted by Gasteiger charge is 2.18. The fraction of sp³-hybridized carbons (Fsp3) is 0.400. The maximum atomic E-state index is 5.48. The van der Waals surface area contributed by atoms with E-state index >= 15 is 0 Å². The molecule has 0 aliphatic carbocycles. The van der Waals surface area contributed by atoms with Crippen LogP contribution in [0.15, 0.2) is 24.5 Å². The molecule has 0 radical (unpaired) electrons. The normalized spacial score (nSPS) is 17.9. The summed E-state index contributed by atoms with van der Waals surface area (Å²) in [4.78, 5) is 9.96. The first-order valence-electron chi connectivity index (χ1n) is 6.46. The Kier molecular flexibility index (Phi) is 3.04. The van der Waals surface area contributed by atoms with Gasteiger partial charge in [0.2, 0.25) is 0 Å². The molecule has 92 valence electrons. The Hall–Kier alpha value is -1.79. The molecule has 0 saturated carbocycles. The molecule has 3 heterocycles. The minimum absolute atomic E-state index is 0.478. The minimum Gasteiger partial charge on any atom is -0.346 e. The van der Waals surface area contributed by atoms with Gasteiger partial charge in [-0.05, 0) is 43.6 Å². The molecular weight excluding hydrogens is 222 g/mol. The van der Waals surface area contributed by atoms with Gasteiger partial charge in [0.15, 0.2) is 0 Å². The van der Waals surface area contributed by atoms with Crippen molar-refractivity contribution in [1.29, 1.82) is 0 Å². The summed E-state index contributed by atoms with van der Waals surface area (Å²) in [5.41, 5.74) is 2.33. The van der Waals surface area contributed by atoms with Gasteiger partial charge in [-0.15, -0.1) is 12.3 Å². The number of hydrogen-bond donors (Lipinski definition) is 1. The van der Waals surface area contributed by atoms with Crippen molar-refractivity contribution >= 4 is 11.0 Å². The van der Waals surface area contributed by atoms with Gasteiger partial charge in [0.05, 0.1) is 0 Å². The number of rotatable bonds is 2. The van der Waals surface area contributed by atoms with E-state index in [2.05, 4.69) is 32.9 Å². The molecule has 18 heavy (non-hydrogen) atoms. The second kappa shape index (κ2) is 4.83. The summed E-state index contributed by atoms with van der Waals surface area (Å²) in [6, 6.07) is 4.22. The van der Waals surface area contributed by atoms with Crippen LogP contribution in [0.5, 0.6) is 0 Å². The van der Waals surface area contributed by atoms with Gasteiger partial charge in [-0.3, -0.25) is 4.90 Å². The number of terminal acetylenes is 1. The first-order valence-corrected chi connectivity index (χ1v) is 6.46. The van der Waals surface area contributed by atoms with Crippen molar-refractivity contribution in [3.63, 3.8) is 0 Å². The third kappa shape index (κ3) is 2.12. The Morgan fingerprint density at radius 3 is 3.00 bits per heavy atom. The summed E-state index contributed by atoms with van der Waals surface area (Å²) in [6.07, 6.45) is 11.6. The van der Waals surface area contributed by atoms with Gasteiger partial charge in [0, 0.05) is 30.2 Å². The van der Waals surface area contributed by atoms with Gasteiger partial charge in [0.1, 0.15) is 5.65 Å². The van der Waals surface area contributed by atoms with Crippen LogP contribution >= 0.6 is 0 Å². The smallest absolute Gasteiger partial charge is 0.137 e. The molecule has 1 N–H and O–H groups in total. The van der Waals surface area contributed by atoms with Crippen LogP contribution in [0.2, 0.25) is 0 Å². The van der Waals surface area contributed by atoms with Gasteiger partial charge in [-0.1, -0.05) is 0 Å². The predicted molar refractivity (Wildman–Crippen MR) is 72.9 cm³/mol. The molecule has 0 unspecified atom stereocenters. The molecular formula is C15H17N3. The van der Waals surface area contributed by atoms with Crippen molar-refractivity contribution < 1.29 is 0 Å². The number of H-pyrrole nitrogens is 1. The van der Waals surface area contributed by atoms with Gasteiger partial charge in [0.25, 0.3) is 0 Å². The van der Waals surface area contributed by atoms with Gasteiger partial charge >= 0.3 is 0 Å². The maximum Gasteiger partial charge on any atom is 0.137 e. The summed E-state index contributed by atoms with van der Waals surface area (Å²) in [5, 5.41) is 1.23. The van der Waals surface area contributed by atoms with Crippen molar-refractivity contribution in [2.45, 2.75) is 19.4 Å². The van der Waals surface area contributed by atoms with E-state index in [4.69, 9.17) is 6.42 Å². The molecule has 3 heteroatoms. The maximum absolute atomic E-state index is 5.48. The van der Waals surface area contributed by atoms with Crippen LogP contribution in [0.1, 0.15) is 18.4 Å². The van der Waals surface area contributed by atoms with E-state index in [0.717, 1.165) is 38.1 Å². The Labute approximate surface area is 107 Å². The molecule has 0 spiro atoms. The Balaban J connectivity index is 1.74. The van der Waals surface area contributed by atoms with Gasteiger partial charge < -0.3 is 4.98 Å². The summed E-state index contributed by atoms with van der Waals surface area (Å²) >= 11 is 0. The first-order chi connectivity index (χ1) is 8.86. The number of nitrogens with one attached hydrogen (secondary N) is 1. The third-order valence-electron chi connectivity index (χ3n) is 3.77. The van der Waals surface area contributed by atoms with Crippen LogP contribution < -0.4 is 0 Å². The number of aromatic nitrogens is 2. The summed E-state index contributed by atoms with van der Waals surface area (Å²) in [5.74, 6) is 3.35.